The van der Waals surface area contributed by atoms with E-state index in [9.17, 15) is 34.8 Å². The number of amides is 1. The number of benzene rings is 1. The Morgan fingerprint density at radius 3 is 2.43 bits per heavy atom. The van der Waals surface area contributed by atoms with E-state index in [2.05, 4.69) is 5.32 Å². The molecule has 0 radical (unpaired) electrons. The van der Waals surface area contributed by atoms with E-state index in [4.69, 9.17) is 5.73 Å². The van der Waals surface area contributed by atoms with Crippen LogP contribution in [-0.4, -0.2) is 75.1 Å². The Morgan fingerprint density at radius 2 is 1.89 bits per heavy atom. The SMILES string of the molecule is CCc1cc(NCC(C)C)c(O)c2c1C[C@@H]1C[C@H]3[C@H](N(C)C)C(=O)C(C(N)=O)=C(O)[C@@]3(O)C(=O)C1=C2O. The standard InChI is InChI=1S/C27H35N3O7/c1-6-12-9-16(29-10-11(2)3)21(31)18-14(12)7-13-8-15-20(30(4)5)23(33)19(26(28)36)25(35)27(15,37)24(34)17(13)22(18)32/h9,11,13,15,20,29,31-32,35,37H,6-8,10H2,1-5H3,(H2,28,36)/t13-,15+,20+,27+/m1/s1. The van der Waals surface area contributed by atoms with Crippen LogP contribution in [0.5, 0.6) is 5.75 Å². The molecule has 7 N–H and O–H groups in total. The number of Topliss-reactive ketones (excluding diaryl/α,β-unsaturated/α-hetero) is 2. The van der Waals surface area contributed by atoms with E-state index < -0.39 is 58.0 Å². The molecule has 1 aromatic rings. The summed E-state index contributed by atoms with van der Waals surface area (Å²) in [6.07, 6.45) is 0.971. The van der Waals surface area contributed by atoms with Crippen LogP contribution in [-0.2, 0) is 27.2 Å². The normalized spacial score (nSPS) is 27.4. The second-order valence-electron chi connectivity index (χ2n) is 10.9. The van der Waals surface area contributed by atoms with Crippen molar-refractivity contribution in [2.45, 2.75) is 51.7 Å². The second kappa shape index (κ2) is 9.18. The largest absolute Gasteiger partial charge is 0.508 e. The molecule has 0 heterocycles. The van der Waals surface area contributed by atoms with Crippen LogP contribution in [0.3, 0.4) is 0 Å². The topological polar surface area (TPSA) is 173 Å². The lowest BCUT2D eigenvalue weighted by atomic mass is 9.57. The Balaban J connectivity index is 1.95. The van der Waals surface area contributed by atoms with Crippen LogP contribution < -0.4 is 11.1 Å². The van der Waals surface area contributed by atoms with Gasteiger partial charge in [-0.25, -0.2) is 0 Å². The number of carbonyl (C=O) groups is 3. The number of aliphatic hydroxyl groups is 3. The van der Waals surface area contributed by atoms with Gasteiger partial charge >= 0.3 is 0 Å². The molecule has 3 aliphatic carbocycles. The molecule has 1 aromatic carbocycles. The van der Waals surface area contributed by atoms with Crippen molar-refractivity contribution in [1.82, 2.24) is 4.90 Å². The van der Waals surface area contributed by atoms with Crippen molar-refractivity contribution in [3.8, 4) is 5.75 Å². The van der Waals surface area contributed by atoms with E-state index in [1.165, 1.54) is 4.90 Å². The highest BCUT2D eigenvalue weighted by molar-refractivity contribution is 6.24. The Morgan fingerprint density at radius 1 is 1.24 bits per heavy atom. The van der Waals surface area contributed by atoms with Gasteiger partial charge in [0.2, 0.25) is 5.78 Å². The van der Waals surface area contributed by atoms with Gasteiger partial charge in [0.1, 0.15) is 22.8 Å². The molecular formula is C27H35N3O7. The van der Waals surface area contributed by atoms with Gasteiger partial charge in [0.05, 0.1) is 17.3 Å². The molecule has 0 aliphatic heterocycles. The number of aliphatic hydroxyl groups excluding tert-OH is 2. The summed E-state index contributed by atoms with van der Waals surface area (Å²) >= 11 is 0. The van der Waals surface area contributed by atoms with Crippen molar-refractivity contribution in [2.75, 3.05) is 26.0 Å². The number of nitrogens with two attached hydrogens (primary N) is 1. The number of fused-ring (bicyclic) bond motifs is 3. The molecule has 200 valence electrons. The molecule has 10 heteroatoms. The average Bonchev–Trinajstić information content (AvgIpc) is 2.80. The summed E-state index contributed by atoms with van der Waals surface area (Å²) in [7, 11) is 3.15. The maximum Gasteiger partial charge on any atom is 0.255 e. The first-order chi connectivity index (χ1) is 17.3. The summed E-state index contributed by atoms with van der Waals surface area (Å²) in [5.41, 5.74) is 3.87. The summed E-state index contributed by atoms with van der Waals surface area (Å²) in [6.45, 7) is 6.56. The quantitative estimate of drug-likeness (QED) is 0.244. The third-order valence-corrected chi connectivity index (χ3v) is 7.89. The molecule has 10 nitrogen and oxygen atoms in total. The molecule has 1 amide bonds. The number of ketones is 2. The average molecular weight is 514 g/mol. The van der Waals surface area contributed by atoms with E-state index in [1.54, 1.807) is 14.1 Å². The monoisotopic (exact) mass is 513 g/mol. The molecule has 0 bridgehead atoms. The first-order valence-corrected chi connectivity index (χ1v) is 12.5. The third-order valence-electron chi connectivity index (χ3n) is 7.89. The molecular weight excluding hydrogens is 478 g/mol. The molecule has 1 saturated carbocycles. The first-order valence-electron chi connectivity index (χ1n) is 12.5. The van der Waals surface area contributed by atoms with Crippen LogP contribution in [0, 0.1) is 17.8 Å². The fraction of sp³-hybridized carbons (Fsp3) is 0.519. The summed E-state index contributed by atoms with van der Waals surface area (Å²) < 4.78 is 0. The fourth-order valence-electron chi connectivity index (χ4n) is 6.15. The van der Waals surface area contributed by atoms with E-state index in [0.717, 1.165) is 5.56 Å². The smallest absolute Gasteiger partial charge is 0.255 e. The van der Waals surface area contributed by atoms with Crippen LogP contribution in [0.1, 0.15) is 43.9 Å². The van der Waals surface area contributed by atoms with Gasteiger partial charge < -0.3 is 31.5 Å². The van der Waals surface area contributed by atoms with Gasteiger partial charge in [0.15, 0.2) is 11.4 Å². The van der Waals surface area contributed by atoms with Crippen LogP contribution in [0.4, 0.5) is 5.69 Å². The van der Waals surface area contributed by atoms with E-state index >= 15 is 0 Å². The highest BCUT2D eigenvalue weighted by Crippen LogP contribution is 2.53. The maximum absolute atomic E-state index is 13.9. The van der Waals surface area contributed by atoms with Crippen molar-refractivity contribution in [3.05, 3.63) is 39.7 Å². The molecule has 0 aromatic heterocycles. The number of hydrogen-bond donors (Lipinski definition) is 6. The molecule has 0 saturated heterocycles. The second-order valence-corrected chi connectivity index (χ2v) is 10.9. The molecule has 4 rings (SSSR count). The van der Waals surface area contributed by atoms with Crippen molar-refractivity contribution in [2.24, 2.45) is 23.5 Å². The lowest BCUT2D eigenvalue weighted by molar-refractivity contribution is -0.153. The summed E-state index contributed by atoms with van der Waals surface area (Å²) in [5, 5.41) is 48.3. The number of carbonyl (C=O) groups excluding carboxylic acids is 3. The van der Waals surface area contributed by atoms with Gasteiger partial charge in [0, 0.05) is 18.0 Å². The zero-order valence-corrected chi connectivity index (χ0v) is 21.8. The van der Waals surface area contributed by atoms with Gasteiger partial charge in [-0.15, -0.1) is 0 Å². The first kappa shape index (κ1) is 26.7. The number of phenolic OH excluding ortho intramolecular Hbond substituents is 1. The number of nitrogens with one attached hydrogen (secondary N) is 1. The van der Waals surface area contributed by atoms with Crippen LogP contribution in [0.25, 0.3) is 5.76 Å². The van der Waals surface area contributed by atoms with E-state index in [-0.39, 0.29) is 35.6 Å². The molecule has 37 heavy (non-hydrogen) atoms. The predicted octanol–water partition coefficient (Wildman–Crippen LogP) is 1.59. The van der Waals surface area contributed by atoms with Crippen LogP contribution in [0.15, 0.2) is 23.0 Å². The van der Waals surface area contributed by atoms with Crippen molar-refractivity contribution < 1.29 is 34.8 Å². The number of likely N-dealkylation sites (N-methyl/N-ethyl adjacent to an activating group) is 1. The highest BCUT2D eigenvalue weighted by atomic mass is 16.3. The number of aromatic hydroxyl groups is 1. The number of aryl methyl sites for hydroxylation is 1. The number of rotatable bonds is 6. The lowest BCUT2D eigenvalue weighted by Crippen LogP contribution is -2.65. The Bertz CT molecular complexity index is 1260. The summed E-state index contributed by atoms with van der Waals surface area (Å²) in [4.78, 5) is 40.6. The van der Waals surface area contributed by atoms with E-state index in [1.807, 2.05) is 26.8 Å². The zero-order valence-electron chi connectivity index (χ0n) is 21.8. The lowest BCUT2D eigenvalue weighted by Gasteiger charge is -2.50. The van der Waals surface area contributed by atoms with Crippen LogP contribution in [0.2, 0.25) is 0 Å². The fourth-order valence-corrected chi connectivity index (χ4v) is 6.15. The van der Waals surface area contributed by atoms with Gasteiger partial charge in [-0.3, -0.25) is 19.3 Å². The molecule has 1 fully saturated rings. The van der Waals surface area contributed by atoms with Gasteiger partial charge in [-0.1, -0.05) is 20.8 Å². The number of phenols is 1. The molecule has 0 unspecified atom stereocenters. The summed E-state index contributed by atoms with van der Waals surface area (Å²) in [6, 6.07) is 0.745. The Hall–Kier alpha value is -3.37. The number of anilines is 1. The molecule has 4 atom stereocenters. The third kappa shape index (κ3) is 3.81. The molecule has 0 spiro atoms. The minimum atomic E-state index is -2.64. The Kier molecular flexibility index (Phi) is 6.62. The van der Waals surface area contributed by atoms with Gasteiger partial charge in [-0.2, -0.15) is 0 Å². The molecule has 3 aliphatic rings. The number of nitrogens with zero attached hydrogens (tertiary/aromatic N) is 1. The summed E-state index contributed by atoms with van der Waals surface area (Å²) in [5.74, 6) is -6.18. The van der Waals surface area contributed by atoms with Gasteiger partial charge in [-0.05, 0) is 62.4 Å². The number of hydrogen-bond acceptors (Lipinski definition) is 9. The van der Waals surface area contributed by atoms with Gasteiger partial charge in [0.25, 0.3) is 5.91 Å². The van der Waals surface area contributed by atoms with Crippen LogP contribution >= 0.6 is 0 Å². The predicted molar refractivity (Wildman–Crippen MR) is 137 cm³/mol. The van der Waals surface area contributed by atoms with Crippen molar-refractivity contribution >= 4 is 28.9 Å². The van der Waals surface area contributed by atoms with Crippen molar-refractivity contribution in [1.29, 1.82) is 0 Å². The van der Waals surface area contributed by atoms with Crippen molar-refractivity contribution in [3.63, 3.8) is 0 Å². The Labute approximate surface area is 215 Å². The zero-order chi connectivity index (χ0) is 27.6. The number of primary amides is 1. The maximum atomic E-state index is 13.9. The minimum Gasteiger partial charge on any atom is -0.508 e. The minimum absolute atomic E-state index is 0.0724. The highest BCUT2D eigenvalue weighted by Gasteiger charge is 2.64. The van der Waals surface area contributed by atoms with E-state index in [0.29, 0.717) is 24.2 Å².